The fourth-order valence-electron chi connectivity index (χ4n) is 2.36. The van der Waals surface area contributed by atoms with Gasteiger partial charge in [0.2, 0.25) is 0 Å². The highest BCUT2D eigenvalue weighted by Gasteiger charge is 2.16. The molecule has 0 amide bonds. The second-order valence-corrected chi connectivity index (χ2v) is 5.29. The maximum atomic E-state index is 10.4. The van der Waals surface area contributed by atoms with Crippen LogP contribution < -0.4 is 5.32 Å². The van der Waals surface area contributed by atoms with Gasteiger partial charge in [-0.05, 0) is 42.3 Å². The monoisotopic (exact) mass is 287 g/mol. The van der Waals surface area contributed by atoms with Crippen molar-refractivity contribution >= 4 is 16.7 Å². The summed E-state index contributed by atoms with van der Waals surface area (Å²) in [4.78, 5) is 10.4. The maximum Gasteiger partial charge on any atom is 0.303 e. The summed E-state index contributed by atoms with van der Waals surface area (Å²) in [6, 6.07) is 13.8. The summed E-state index contributed by atoms with van der Waals surface area (Å²) in [5.74, 6) is -0.792. The number of hydrogen-bond acceptors (Lipinski definition) is 3. The van der Waals surface area contributed by atoms with Crippen molar-refractivity contribution in [2.45, 2.75) is 31.9 Å². The van der Waals surface area contributed by atoms with Gasteiger partial charge in [0.05, 0.1) is 6.10 Å². The number of nitrogens with one attached hydrogen (secondary N) is 1. The van der Waals surface area contributed by atoms with Crippen LogP contribution in [0.1, 0.15) is 31.4 Å². The lowest BCUT2D eigenvalue weighted by molar-refractivity contribution is -0.137. The van der Waals surface area contributed by atoms with Crippen LogP contribution >= 0.6 is 0 Å². The van der Waals surface area contributed by atoms with Gasteiger partial charge < -0.3 is 15.5 Å². The lowest BCUT2D eigenvalue weighted by atomic mass is 9.99. The van der Waals surface area contributed by atoms with Crippen molar-refractivity contribution in [3.8, 4) is 0 Å². The average Bonchev–Trinajstić information content (AvgIpc) is 2.50. The van der Waals surface area contributed by atoms with E-state index in [1.54, 1.807) is 0 Å². The van der Waals surface area contributed by atoms with Gasteiger partial charge in [-0.15, -0.1) is 0 Å². The van der Waals surface area contributed by atoms with E-state index in [-0.39, 0.29) is 12.5 Å². The molecule has 0 aromatic heterocycles. The van der Waals surface area contributed by atoms with Gasteiger partial charge in [0.1, 0.15) is 0 Å². The predicted octanol–water partition coefficient (Wildman–Crippen LogP) is 2.72. The molecule has 2 aromatic rings. The van der Waals surface area contributed by atoms with Gasteiger partial charge in [0.15, 0.2) is 0 Å². The largest absolute Gasteiger partial charge is 0.481 e. The van der Waals surface area contributed by atoms with Crippen molar-refractivity contribution < 1.29 is 15.0 Å². The topological polar surface area (TPSA) is 69.6 Å². The zero-order valence-electron chi connectivity index (χ0n) is 12.1. The highest BCUT2D eigenvalue weighted by atomic mass is 16.4. The Balaban J connectivity index is 1.96. The molecule has 112 valence electrons. The van der Waals surface area contributed by atoms with E-state index in [9.17, 15) is 9.90 Å². The van der Waals surface area contributed by atoms with Crippen LogP contribution in [0, 0.1) is 0 Å². The second-order valence-electron chi connectivity index (χ2n) is 5.29. The third-order valence-corrected chi connectivity index (χ3v) is 3.62. The summed E-state index contributed by atoms with van der Waals surface area (Å²) in [6.07, 6.45) is 0.0926. The molecule has 2 aromatic carbocycles. The van der Waals surface area contributed by atoms with E-state index in [1.807, 2.05) is 49.4 Å². The molecule has 3 N–H and O–H groups in total. The van der Waals surface area contributed by atoms with Crippen molar-refractivity contribution in [3.05, 3.63) is 48.0 Å². The molecule has 0 aliphatic rings. The van der Waals surface area contributed by atoms with Gasteiger partial charge in [-0.25, -0.2) is 0 Å². The highest BCUT2D eigenvalue weighted by molar-refractivity contribution is 5.83. The Bertz CT molecular complexity index is 612. The molecule has 0 aliphatic heterocycles. The second kappa shape index (κ2) is 7.20. The van der Waals surface area contributed by atoms with E-state index in [1.165, 1.54) is 0 Å². The number of hydrogen-bond donors (Lipinski definition) is 3. The van der Waals surface area contributed by atoms with Crippen LogP contribution in [0.25, 0.3) is 10.8 Å². The molecular formula is C17H21NO3. The van der Waals surface area contributed by atoms with E-state index < -0.39 is 12.1 Å². The number of aliphatic hydroxyl groups is 1. The first kappa shape index (κ1) is 15.5. The fraction of sp³-hybridized carbons (Fsp3) is 0.353. The van der Waals surface area contributed by atoms with Crippen molar-refractivity contribution in [3.63, 3.8) is 0 Å². The van der Waals surface area contributed by atoms with Crippen LogP contribution in [-0.2, 0) is 4.79 Å². The molecule has 0 heterocycles. The molecule has 2 atom stereocenters. The smallest absolute Gasteiger partial charge is 0.303 e. The van der Waals surface area contributed by atoms with E-state index in [2.05, 4.69) is 5.32 Å². The first-order chi connectivity index (χ1) is 10.1. The van der Waals surface area contributed by atoms with Gasteiger partial charge in [0.25, 0.3) is 0 Å². The fourth-order valence-corrected chi connectivity index (χ4v) is 2.36. The van der Waals surface area contributed by atoms with Gasteiger partial charge >= 0.3 is 5.97 Å². The summed E-state index contributed by atoms with van der Waals surface area (Å²) < 4.78 is 0. The van der Waals surface area contributed by atoms with Crippen LogP contribution in [0.2, 0.25) is 0 Å². The number of carboxylic acid groups (broad SMARTS) is 1. The van der Waals surface area contributed by atoms with Crippen LogP contribution in [0.4, 0.5) is 0 Å². The quantitative estimate of drug-likeness (QED) is 0.685. The molecule has 2 rings (SSSR count). The SMILES string of the molecule is CC(NCCCC(=O)O)C(O)c1ccc2ccccc2c1. The van der Waals surface area contributed by atoms with Gasteiger partial charge in [-0.3, -0.25) is 4.79 Å². The molecule has 4 heteroatoms. The van der Waals surface area contributed by atoms with Gasteiger partial charge in [-0.1, -0.05) is 36.4 Å². The van der Waals surface area contributed by atoms with E-state index >= 15 is 0 Å². The van der Waals surface area contributed by atoms with Crippen LogP contribution in [0.5, 0.6) is 0 Å². The summed E-state index contributed by atoms with van der Waals surface area (Å²) in [5, 5.41) is 24.4. The molecule has 0 saturated carbocycles. The molecule has 2 unspecified atom stereocenters. The Morgan fingerprint density at radius 2 is 1.90 bits per heavy atom. The number of carboxylic acids is 1. The standard InChI is InChI=1S/C17H21NO3/c1-12(18-10-4-7-16(19)20)17(21)15-9-8-13-5-2-3-6-14(13)11-15/h2-3,5-6,8-9,11-12,17-18,21H,4,7,10H2,1H3,(H,19,20). The summed E-state index contributed by atoms with van der Waals surface area (Å²) >= 11 is 0. The third-order valence-electron chi connectivity index (χ3n) is 3.62. The van der Waals surface area contributed by atoms with Crippen molar-refractivity contribution in [1.29, 1.82) is 0 Å². The zero-order valence-corrected chi connectivity index (χ0v) is 12.1. The molecule has 0 radical (unpaired) electrons. The Morgan fingerprint density at radius 3 is 2.62 bits per heavy atom. The van der Waals surface area contributed by atoms with Crippen LogP contribution in [0.15, 0.2) is 42.5 Å². The Labute approximate surface area is 124 Å². The van der Waals surface area contributed by atoms with E-state index in [0.29, 0.717) is 13.0 Å². The summed E-state index contributed by atoms with van der Waals surface area (Å²) in [6.45, 7) is 2.48. The minimum Gasteiger partial charge on any atom is -0.481 e. The van der Waals surface area contributed by atoms with E-state index in [0.717, 1.165) is 16.3 Å². The number of benzene rings is 2. The molecule has 0 spiro atoms. The average molecular weight is 287 g/mol. The van der Waals surface area contributed by atoms with Crippen LogP contribution in [-0.4, -0.2) is 28.8 Å². The predicted molar refractivity (Wildman–Crippen MR) is 83.2 cm³/mol. The Morgan fingerprint density at radius 1 is 1.19 bits per heavy atom. The van der Waals surface area contributed by atoms with Gasteiger partial charge in [-0.2, -0.15) is 0 Å². The highest BCUT2D eigenvalue weighted by Crippen LogP contribution is 2.22. The first-order valence-corrected chi connectivity index (χ1v) is 7.20. The Kier molecular flexibility index (Phi) is 5.31. The summed E-state index contributed by atoms with van der Waals surface area (Å²) in [7, 11) is 0. The molecule has 0 fully saturated rings. The molecule has 0 saturated heterocycles. The first-order valence-electron chi connectivity index (χ1n) is 7.20. The van der Waals surface area contributed by atoms with E-state index in [4.69, 9.17) is 5.11 Å². The van der Waals surface area contributed by atoms with Crippen molar-refractivity contribution in [2.24, 2.45) is 0 Å². The number of aliphatic carboxylic acids is 1. The zero-order chi connectivity index (χ0) is 15.2. The molecular weight excluding hydrogens is 266 g/mol. The number of aliphatic hydroxyl groups excluding tert-OH is 1. The molecule has 0 bridgehead atoms. The molecule has 21 heavy (non-hydrogen) atoms. The third kappa shape index (κ3) is 4.28. The Hall–Kier alpha value is -1.91. The maximum absolute atomic E-state index is 10.4. The molecule has 4 nitrogen and oxygen atoms in total. The lowest BCUT2D eigenvalue weighted by Gasteiger charge is -2.21. The normalized spacial score (nSPS) is 14.0. The van der Waals surface area contributed by atoms with Crippen molar-refractivity contribution in [2.75, 3.05) is 6.54 Å². The van der Waals surface area contributed by atoms with Gasteiger partial charge in [0, 0.05) is 12.5 Å². The number of carbonyl (C=O) groups is 1. The van der Waals surface area contributed by atoms with Crippen molar-refractivity contribution in [1.82, 2.24) is 5.32 Å². The van der Waals surface area contributed by atoms with Crippen LogP contribution in [0.3, 0.4) is 0 Å². The number of rotatable bonds is 7. The minimum atomic E-state index is -0.792. The summed E-state index contributed by atoms with van der Waals surface area (Å²) in [5.41, 5.74) is 0.868. The minimum absolute atomic E-state index is 0.125. The lowest BCUT2D eigenvalue weighted by Crippen LogP contribution is -2.33. The molecule has 0 aliphatic carbocycles. The number of fused-ring (bicyclic) bond motifs is 1.